The Morgan fingerprint density at radius 2 is 1.96 bits per heavy atom. The summed E-state index contributed by atoms with van der Waals surface area (Å²) in [6.07, 6.45) is 2.26. The SMILES string of the molecule is CC(C)(C)OC(=O)N1CCC(Oc2ccc(-c3cnc(Cl)cc3F)nn2)CC1. The van der Waals surface area contributed by atoms with Crippen molar-refractivity contribution in [2.75, 3.05) is 13.1 Å². The third-order valence-electron chi connectivity index (χ3n) is 4.12. The number of halogens is 2. The van der Waals surface area contributed by atoms with E-state index in [4.69, 9.17) is 21.1 Å². The molecule has 0 N–H and O–H groups in total. The summed E-state index contributed by atoms with van der Waals surface area (Å²) in [5, 5.41) is 8.09. The van der Waals surface area contributed by atoms with Gasteiger partial charge in [0.05, 0.1) is 11.3 Å². The first kappa shape index (κ1) is 20.3. The third-order valence-corrected chi connectivity index (χ3v) is 4.32. The first-order valence-electron chi connectivity index (χ1n) is 9.01. The molecule has 7 nitrogen and oxygen atoms in total. The molecule has 0 aliphatic carbocycles. The van der Waals surface area contributed by atoms with Gasteiger partial charge in [0.25, 0.3) is 0 Å². The lowest BCUT2D eigenvalue weighted by atomic mass is 10.1. The summed E-state index contributed by atoms with van der Waals surface area (Å²) in [6.45, 7) is 6.62. The number of carbonyl (C=O) groups excluding carboxylic acids is 1. The van der Waals surface area contributed by atoms with E-state index in [0.717, 1.165) is 6.07 Å². The zero-order valence-electron chi connectivity index (χ0n) is 16.0. The lowest BCUT2D eigenvalue weighted by Crippen LogP contribution is -2.44. The molecule has 0 radical (unpaired) electrons. The van der Waals surface area contributed by atoms with Crippen molar-refractivity contribution in [2.45, 2.75) is 45.3 Å². The van der Waals surface area contributed by atoms with Gasteiger partial charge in [0, 0.05) is 44.3 Å². The number of ether oxygens (including phenoxy) is 2. The van der Waals surface area contributed by atoms with E-state index in [1.54, 1.807) is 17.0 Å². The molecule has 2 aromatic heterocycles. The summed E-state index contributed by atoms with van der Waals surface area (Å²) in [4.78, 5) is 17.6. The monoisotopic (exact) mass is 408 g/mol. The second-order valence-electron chi connectivity index (χ2n) is 7.53. The van der Waals surface area contributed by atoms with E-state index in [0.29, 0.717) is 37.5 Å². The number of pyridine rings is 1. The minimum Gasteiger partial charge on any atom is -0.473 e. The fourth-order valence-electron chi connectivity index (χ4n) is 2.78. The van der Waals surface area contributed by atoms with Gasteiger partial charge in [-0.3, -0.25) is 0 Å². The number of hydrogen-bond donors (Lipinski definition) is 0. The van der Waals surface area contributed by atoms with Crippen LogP contribution in [0.5, 0.6) is 5.88 Å². The summed E-state index contributed by atoms with van der Waals surface area (Å²) in [6, 6.07) is 4.38. The maximum absolute atomic E-state index is 13.9. The Kier molecular flexibility index (Phi) is 5.98. The van der Waals surface area contributed by atoms with E-state index in [2.05, 4.69) is 15.2 Å². The molecule has 1 saturated heterocycles. The van der Waals surface area contributed by atoms with Gasteiger partial charge in [-0.1, -0.05) is 11.6 Å². The highest BCUT2D eigenvalue weighted by Crippen LogP contribution is 2.24. The molecule has 2 aromatic rings. The molecule has 0 bridgehead atoms. The number of hydrogen-bond acceptors (Lipinski definition) is 6. The van der Waals surface area contributed by atoms with Gasteiger partial charge in [-0.2, -0.15) is 0 Å². The topological polar surface area (TPSA) is 77.4 Å². The van der Waals surface area contributed by atoms with Crippen LogP contribution in [-0.4, -0.2) is 51.0 Å². The van der Waals surface area contributed by atoms with Crippen LogP contribution in [0, 0.1) is 5.82 Å². The van der Waals surface area contributed by atoms with Gasteiger partial charge >= 0.3 is 6.09 Å². The summed E-state index contributed by atoms with van der Waals surface area (Å²) < 4.78 is 25.2. The summed E-state index contributed by atoms with van der Waals surface area (Å²) in [5.41, 5.74) is 0.0452. The molecule has 9 heteroatoms. The number of likely N-dealkylation sites (tertiary alicyclic amines) is 1. The molecular formula is C19H22ClFN4O3. The number of aromatic nitrogens is 3. The largest absolute Gasteiger partial charge is 0.473 e. The molecule has 28 heavy (non-hydrogen) atoms. The van der Waals surface area contributed by atoms with Crippen LogP contribution in [0.15, 0.2) is 24.4 Å². The molecule has 0 atom stereocenters. The van der Waals surface area contributed by atoms with Gasteiger partial charge in [0.2, 0.25) is 5.88 Å². The highest BCUT2D eigenvalue weighted by Gasteiger charge is 2.27. The lowest BCUT2D eigenvalue weighted by molar-refractivity contribution is 0.0122. The standard InChI is InChI=1S/C19H22ClFN4O3/c1-19(2,3)28-18(26)25-8-6-12(7-9-25)27-17-5-4-15(23-24-17)13-11-22-16(20)10-14(13)21/h4-5,10-12H,6-9H2,1-3H3. The minimum atomic E-state index is -0.516. The van der Waals surface area contributed by atoms with Gasteiger partial charge < -0.3 is 14.4 Å². The molecule has 3 rings (SSSR count). The quantitative estimate of drug-likeness (QED) is 0.711. The molecule has 0 unspecified atom stereocenters. The zero-order chi connectivity index (χ0) is 20.3. The van der Waals surface area contributed by atoms with Gasteiger partial charge in [0.15, 0.2) is 0 Å². The Labute approximate surface area is 167 Å². The van der Waals surface area contributed by atoms with Crippen LogP contribution in [0.25, 0.3) is 11.3 Å². The fourth-order valence-corrected chi connectivity index (χ4v) is 2.92. The summed E-state index contributed by atoms with van der Waals surface area (Å²) in [7, 11) is 0. The average molecular weight is 409 g/mol. The Bertz CT molecular complexity index is 834. The van der Waals surface area contributed by atoms with Crippen LogP contribution in [0.1, 0.15) is 33.6 Å². The third kappa shape index (κ3) is 5.28. The van der Waals surface area contributed by atoms with Crippen LogP contribution in [-0.2, 0) is 4.74 Å². The zero-order valence-corrected chi connectivity index (χ0v) is 16.7. The number of carbonyl (C=O) groups is 1. The van der Waals surface area contributed by atoms with Crippen LogP contribution in [0.2, 0.25) is 5.15 Å². The molecule has 3 heterocycles. The maximum atomic E-state index is 13.9. The van der Waals surface area contributed by atoms with Crippen molar-refractivity contribution in [3.63, 3.8) is 0 Å². The van der Waals surface area contributed by atoms with Crippen molar-refractivity contribution >= 4 is 17.7 Å². The Balaban J connectivity index is 1.55. The number of nitrogens with zero attached hydrogens (tertiary/aromatic N) is 4. The first-order chi connectivity index (χ1) is 13.2. The normalized spacial score (nSPS) is 15.4. The highest BCUT2D eigenvalue weighted by atomic mass is 35.5. The first-order valence-corrected chi connectivity index (χ1v) is 9.39. The molecule has 0 spiro atoms. The molecular weight excluding hydrogens is 387 g/mol. The number of piperidine rings is 1. The van der Waals surface area contributed by atoms with E-state index >= 15 is 0 Å². The molecule has 1 amide bonds. The van der Waals surface area contributed by atoms with E-state index in [-0.39, 0.29) is 22.9 Å². The molecule has 0 saturated carbocycles. The van der Waals surface area contributed by atoms with Crippen LogP contribution >= 0.6 is 11.6 Å². The van der Waals surface area contributed by atoms with E-state index in [9.17, 15) is 9.18 Å². The Hall–Kier alpha value is -2.48. The van der Waals surface area contributed by atoms with E-state index in [1.165, 1.54) is 6.20 Å². The number of rotatable bonds is 3. The Morgan fingerprint density at radius 3 is 2.54 bits per heavy atom. The van der Waals surface area contributed by atoms with Gasteiger partial charge in [-0.05, 0) is 26.8 Å². The molecule has 1 aliphatic heterocycles. The Morgan fingerprint density at radius 1 is 1.25 bits per heavy atom. The second kappa shape index (κ2) is 8.26. The van der Waals surface area contributed by atoms with E-state index in [1.807, 2.05) is 20.8 Å². The lowest BCUT2D eigenvalue weighted by Gasteiger charge is -2.33. The van der Waals surface area contributed by atoms with Crippen molar-refractivity contribution in [2.24, 2.45) is 0 Å². The van der Waals surface area contributed by atoms with Crippen molar-refractivity contribution in [1.82, 2.24) is 20.1 Å². The summed E-state index contributed by atoms with van der Waals surface area (Å²) in [5.74, 6) is -0.167. The van der Waals surface area contributed by atoms with Crippen LogP contribution in [0.3, 0.4) is 0 Å². The average Bonchev–Trinajstić information content (AvgIpc) is 2.62. The van der Waals surface area contributed by atoms with E-state index < -0.39 is 11.4 Å². The van der Waals surface area contributed by atoms with Gasteiger partial charge in [0.1, 0.15) is 22.7 Å². The van der Waals surface area contributed by atoms with Crippen LogP contribution < -0.4 is 4.74 Å². The molecule has 0 aromatic carbocycles. The molecule has 1 aliphatic rings. The predicted octanol–water partition coefficient (Wildman–Crippen LogP) is 4.11. The fraction of sp³-hybridized carbons (Fsp3) is 0.474. The summed E-state index contributed by atoms with van der Waals surface area (Å²) >= 11 is 5.66. The highest BCUT2D eigenvalue weighted by molar-refractivity contribution is 6.29. The molecule has 150 valence electrons. The van der Waals surface area contributed by atoms with Crippen molar-refractivity contribution in [3.05, 3.63) is 35.4 Å². The van der Waals surface area contributed by atoms with Crippen molar-refractivity contribution in [3.8, 4) is 17.1 Å². The van der Waals surface area contributed by atoms with Gasteiger partial charge in [-0.15, -0.1) is 10.2 Å². The van der Waals surface area contributed by atoms with Crippen molar-refractivity contribution in [1.29, 1.82) is 0 Å². The number of amides is 1. The maximum Gasteiger partial charge on any atom is 0.410 e. The smallest absolute Gasteiger partial charge is 0.410 e. The molecule has 1 fully saturated rings. The second-order valence-corrected chi connectivity index (χ2v) is 7.92. The van der Waals surface area contributed by atoms with Crippen LogP contribution in [0.4, 0.5) is 9.18 Å². The predicted molar refractivity (Wildman–Crippen MR) is 102 cm³/mol. The van der Waals surface area contributed by atoms with Crippen molar-refractivity contribution < 1.29 is 18.7 Å². The minimum absolute atomic E-state index is 0.0758. The van der Waals surface area contributed by atoms with Gasteiger partial charge in [-0.25, -0.2) is 14.2 Å².